The van der Waals surface area contributed by atoms with Crippen molar-refractivity contribution in [2.24, 2.45) is 0 Å². The molecule has 0 unspecified atom stereocenters. The lowest BCUT2D eigenvalue weighted by atomic mass is 10.3. The first-order chi connectivity index (χ1) is 10.2. The monoisotopic (exact) mass is 302 g/mol. The maximum atomic E-state index is 12.4. The van der Waals surface area contributed by atoms with E-state index in [9.17, 15) is 4.79 Å². The van der Waals surface area contributed by atoms with E-state index in [2.05, 4.69) is 40.3 Å². The number of fused-ring (bicyclic) bond motifs is 1. The number of carbonyl (C=O) groups is 1. The van der Waals surface area contributed by atoms with E-state index in [0.29, 0.717) is 13.1 Å². The van der Waals surface area contributed by atoms with Crippen molar-refractivity contribution in [3.05, 3.63) is 41.7 Å². The number of amides is 1. The Bertz CT molecular complexity index is 739. The number of hydrogen-bond acceptors (Lipinski definition) is 3. The number of thiophene rings is 1. The summed E-state index contributed by atoms with van der Waals surface area (Å²) >= 11 is 1.66. The van der Waals surface area contributed by atoms with Crippen LogP contribution in [-0.4, -0.2) is 26.8 Å². The smallest absolute Gasteiger partial charge is 0.268 e. The fourth-order valence-electron chi connectivity index (χ4n) is 2.48. The Morgan fingerprint density at radius 2 is 2.33 bits per heavy atom. The Hall–Kier alpha value is -2.08. The molecule has 3 aromatic heterocycles. The van der Waals surface area contributed by atoms with Crippen molar-refractivity contribution < 1.29 is 4.79 Å². The molecular formula is C15H18N4OS. The standard InChI is InChI=1S/C15H18N4OS/c1-11(2)19-12-4-9-21-14(12)10-13(19)15(20)16-6-8-18-7-3-5-17-18/h3-5,7,9-11H,6,8H2,1-2H3,(H,16,20). The van der Waals surface area contributed by atoms with Crippen molar-refractivity contribution in [1.82, 2.24) is 19.7 Å². The van der Waals surface area contributed by atoms with Gasteiger partial charge in [-0.25, -0.2) is 0 Å². The van der Waals surface area contributed by atoms with E-state index in [1.165, 1.54) is 0 Å². The fraction of sp³-hybridized carbons (Fsp3) is 0.333. The number of aromatic nitrogens is 3. The Kier molecular flexibility index (Phi) is 3.79. The van der Waals surface area contributed by atoms with Crippen molar-refractivity contribution in [2.45, 2.75) is 26.4 Å². The van der Waals surface area contributed by atoms with Gasteiger partial charge in [0.25, 0.3) is 5.91 Å². The minimum atomic E-state index is -0.0285. The van der Waals surface area contributed by atoms with Crippen LogP contribution in [0.3, 0.4) is 0 Å². The molecule has 3 aromatic rings. The van der Waals surface area contributed by atoms with Gasteiger partial charge in [0.2, 0.25) is 0 Å². The first kappa shape index (κ1) is 13.9. The van der Waals surface area contributed by atoms with Gasteiger partial charge in [0.05, 0.1) is 16.8 Å². The molecule has 0 fully saturated rings. The van der Waals surface area contributed by atoms with Crippen molar-refractivity contribution in [3.63, 3.8) is 0 Å². The summed E-state index contributed by atoms with van der Waals surface area (Å²) in [5.74, 6) is -0.0285. The largest absolute Gasteiger partial charge is 0.349 e. The molecule has 110 valence electrons. The van der Waals surface area contributed by atoms with Gasteiger partial charge >= 0.3 is 0 Å². The Morgan fingerprint density at radius 3 is 3.05 bits per heavy atom. The summed E-state index contributed by atoms with van der Waals surface area (Å²) in [5, 5.41) is 9.15. The molecule has 21 heavy (non-hydrogen) atoms. The van der Waals surface area contributed by atoms with Crippen LogP contribution in [0.25, 0.3) is 10.2 Å². The van der Waals surface area contributed by atoms with Crippen molar-refractivity contribution in [2.75, 3.05) is 6.54 Å². The lowest BCUT2D eigenvalue weighted by Crippen LogP contribution is -2.29. The number of carbonyl (C=O) groups excluding carboxylic acids is 1. The van der Waals surface area contributed by atoms with Crippen LogP contribution in [-0.2, 0) is 6.54 Å². The molecule has 0 aromatic carbocycles. The van der Waals surface area contributed by atoms with E-state index in [4.69, 9.17) is 0 Å². The van der Waals surface area contributed by atoms with Gasteiger partial charge in [-0.3, -0.25) is 9.48 Å². The molecule has 0 atom stereocenters. The van der Waals surface area contributed by atoms with Gasteiger partial charge in [0.15, 0.2) is 0 Å². The maximum absolute atomic E-state index is 12.4. The molecule has 3 heterocycles. The molecule has 0 aliphatic heterocycles. The van der Waals surface area contributed by atoms with Gasteiger partial charge in [-0.1, -0.05) is 0 Å². The predicted octanol–water partition coefficient (Wildman–Crippen LogP) is 2.91. The number of nitrogens with one attached hydrogen (secondary N) is 1. The van der Waals surface area contributed by atoms with Gasteiger partial charge in [-0.05, 0) is 37.4 Å². The molecule has 0 aliphatic rings. The first-order valence-electron chi connectivity index (χ1n) is 7.01. The van der Waals surface area contributed by atoms with E-state index in [1.807, 2.05) is 18.3 Å². The second-order valence-electron chi connectivity index (χ2n) is 5.19. The summed E-state index contributed by atoms with van der Waals surface area (Å²) in [6.07, 6.45) is 3.62. The van der Waals surface area contributed by atoms with Crippen molar-refractivity contribution >= 4 is 27.5 Å². The maximum Gasteiger partial charge on any atom is 0.268 e. The SMILES string of the molecule is CC(C)n1c(C(=O)NCCn2cccn2)cc2sccc21. The van der Waals surface area contributed by atoms with Gasteiger partial charge in [0.1, 0.15) is 5.69 Å². The van der Waals surface area contributed by atoms with Crippen LogP contribution in [0.15, 0.2) is 36.0 Å². The highest BCUT2D eigenvalue weighted by Crippen LogP contribution is 2.28. The van der Waals surface area contributed by atoms with E-state index < -0.39 is 0 Å². The summed E-state index contributed by atoms with van der Waals surface area (Å²) in [5.41, 5.74) is 1.86. The highest BCUT2D eigenvalue weighted by Gasteiger charge is 2.17. The van der Waals surface area contributed by atoms with Crippen LogP contribution in [0.4, 0.5) is 0 Å². The molecule has 3 rings (SSSR count). The minimum Gasteiger partial charge on any atom is -0.349 e. The zero-order valence-corrected chi connectivity index (χ0v) is 12.9. The normalized spacial score (nSPS) is 11.4. The predicted molar refractivity (Wildman–Crippen MR) is 84.8 cm³/mol. The third kappa shape index (κ3) is 2.71. The molecule has 0 saturated heterocycles. The van der Waals surface area contributed by atoms with Gasteiger partial charge in [-0.2, -0.15) is 5.10 Å². The molecular weight excluding hydrogens is 284 g/mol. The van der Waals surface area contributed by atoms with Gasteiger partial charge in [0, 0.05) is 25.0 Å². The highest BCUT2D eigenvalue weighted by molar-refractivity contribution is 7.17. The fourth-order valence-corrected chi connectivity index (χ4v) is 3.29. The Balaban J connectivity index is 1.74. The summed E-state index contributed by atoms with van der Waals surface area (Å²) in [7, 11) is 0. The second kappa shape index (κ2) is 5.73. The Labute approximate surface area is 127 Å². The van der Waals surface area contributed by atoms with E-state index >= 15 is 0 Å². The van der Waals surface area contributed by atoms with Gasteiger partial charge in [-0.15, -0.1) is 11.3 Å². The third-order valence-electron chi connectivity index (χ3n) is 3.39. The zero-order chi connectivity index (χ0) is 14.8. The number of rotatable bonds is 5. The summed E-state index contributed by atoms with van der Waals surface area (Å²) < 4.78 is 5.05. The van der Waals surface area contributed by atoms with Crippen LogP contribution >= 0.6 is 11.3 Å². The lowest BCUT2D eigenvalue weighted by molar-refractivity contribution is 0.0941. The van der Waals surface area contributed by atoms with E-state index in [-0.39, 0.29) is 11.9 Å². The number of nitrogens with zero attached hydrogens (tertiary/aromatic N) is 3. The average Bonchev–Trinajstić information content (AvgIpc) is 3.13. The average molecular weight is 302 g/mol. The topological polar surface area (TPSA) is 51.9 Å². The van der Waals surface area contributed by atoms with Gasteiger partial charge < -0.3 is 9.88 Å². The van der Waals surface area contributed by atoms with Crippen molar-refractivity contribution in [3.8, 4) is 0 Å². The molecule has 1 amide bonds. The van der Waals surface area contributed by atoms with Crippen LogP contribution in [0.1, 0.15) is 30.4 Å². The second-order valence-corrected chi connectivity index (χ2v) is 6.14. The molecule has 0 aliphatic carbocycles. The minimum absolute atomic E-state index is 0.0285. The molecule has 1 N–H and O–H groups in total. The third-order valence-corrected chi connectivity index (χ3v) is 4.25. The van der Waals surface area contributed by atoms with E-state index in [0.717, 1.165) is 15.9 Å². The molecule has 6 heteroatoms. The zero-order valence-electron chi connectivity index (χ0n) is 12.1. The summed E-state index contributed by atoms with van der Waals surface area (Å²) in [4.78, 5) is 12.4. The van der Waals surface area contributed by atoms with Crippen LogP contribution < -0.4 is 5.32 Å². The molecule has 0 spiro atoms. The van der Waals surface area contributed by atoms with Crippen LogP contribution in [0.2, 0.25) is 0 Å². The molecule has 0 radical (unpaired) electrons. The molecule has 0 saturated carbocycles. The summed E-state index contributed by atoms with van der Waals surface area (Å²) in [6, 6.07) is 6.17. The lowest BCUT2D eigenvalue weighted by Gasteiger charge is -2.14. The van der Waals surface area contributed by atoms with E-state index in [1.54, 1.807) is 22.2 Å². The van der Waals surface area contributed by atoms with Crippen molar-refractivity contribution in [1.29, 1.82) is 0 Å². The van der Waals surface area contributed by atoms with Crippen LogP contribution in [0, 0.1) is 0 Å². The first-order valence-corrected chi connectivity index (χ1v) is 7.89. The molecule has 0 bridgehead atoms. The number of hydrogen-bond donors (Lipinski definition) is 1. The highest BCUT2D eigenvalue weighted by atomic mass is 32.1. The Morgan fingerprint density at radius 1 is 1.48 bits per heavy atom. The quantitative estimate of drug-likeness (QED) is 0.788. The molecule has 5 nitrogen and oxygen atoms in total. The van der Waals surface area contributed by atoms with Crippen LogP contribution in [0.5, 0.6) is 0 Å². The summed E-state index contributed by atoms with van der Waals surface area (Å²) in [6.45, 7) is 5.43.